The van der Waals surface area contributed by atoms with Crippen LogP contribution >= 0.6 is 0 Å². The lowest BCUT2D eigenvalue weighted by Crippen LogP contribution is -2.42. The highest BCUT2D eigenvalue weighted by molar-refractivity contribution is 5.89. The Bertz CT molecular complexity index is 776. The number of ether oxygens (including phenoxy) is 2. The number of fused-ring (bicyclic) bond motifs is 1. The number of piperidine rings is 1. The normalized spacial score (nSPS) is 17.8. The Balaban J connectivity index is 1.32. The summed E-state index contributed by atoms with van der Waals surface area (Å²) in [7, 11) is 0. The molecule has 136 valence electrons. The number of carbonyl (C=O) groups excluding carboxylic acids is 1. The smallest absolute Gasteiger partial charge is 0.321 e. The van der Waals surface area contributed by atoms with Gasteiger partial charge in [0.25, 0.3) is 0 Å². The number of nitrogens with one attached hydrogen (secondary N) is 1. The molecule has 1 aromatic carbocycles. The van der Waals surface area contributed by atoms with Crippen LogP contribution in [0.4, 0.5) is 10.5 Å². The zero-order valence-electron chi connectivity index (χ0n) is 14.3. The van der Waals surface area contributed by atoms with E-state index in [1.54, 1.807) is 29.3 Å². The van der Waals surface area contributed by atoms with Gasteiger partial charge in [-0.2, -0.15) is 0 Å². The molecule has 1 fully saturated rings. The molecule has 26 heavy (non-hydrogen) atoms. The van der Waals surface area contributed by atoms with Gasteiger partial charge in [-0.05, 0) is 43.0 Å². The Labute approximate surface area is 151 Å². The van der Waals surface area contributed by atoms with Crippen LogP contribution in [0.2, 0.25) is 0 Å². The van der Waals surface area contributed by atoms with Crippen LogP contribution in [0.3, 0.4) is 0 Å². The minimum atomic E-state index is -0.588. The number of nitrogens with zero attached hydrogens (tertiary/aromatic N) is 2. The highest BCUT2D eigenvalue weighted by Gasteiger charge is 2.29. The zero-order valence-corrected chi connectivity index (χ0v) is 14.3. The Morgan fingerprint density at radius 3 is 2.77 bits per heavy atom. The fourth-order valence-electron chi connectivity index (χ4n) is 3.39. The van der Waals surface area contributed by atoms with E-state index in [1.165, 1.54) is 0 Å². The van der Waals surface area contributed by atoms with Crippen LogP contribution in [0.1, 0.15) is 24.6 Å². The van der Waals surface area contributed by atoms with E-state index < -0.39 is 6.10 Å². The van der Waals surface area contributed by atoms with Gasteiger partial charge < -0.3 is 24.8 Å². The number of aliphatic hydroxyl groups excluding tert-OH is 1. The van der Waals surface area contributed by atoms with E-state index in [0.717, 1.165) is 12.8 Å². The van der Waals surface area contributed by atoms with Gasteiger partial charge in [-0.25, -0.2) is 4.79 Å². The van der Waals surface area contributed by atoms with Gasteiger partial charge in [-0.1, -0.05) is 6.07 Å². The number of pyridine rings is 1. The number of urea groups is 1. The standard InChI is InChI=1S/C19H21N3O4/c23-18(15-3-1-2-8-20-15)13-6-9-22(10-7-13)19(24)21-14-4-5-16-17(11-14)26-12-25-16/h1-5,8,11,13,18,23H,6-7,9-10,12H2,(H,21,24). The number of likely N-dealkylation sites (tertiary alicyclic amines) is 1. The van der Waals surface area contributed by atoms with Crippen LogP contribution < -0.4 is 14.8 Å². The second-order valence-electron chi connectivity index (χ2n) is 6.52. The predicted molar refractivity (Wildman–Crippen MR) is 95.1 cm³/mol. The van der Waals surface area contributed by atoms with E-state index in [-0.39, 0.29) is 18.7 Å². The van der Waals surface area contributed by atoms with E-state index >= 15 is 0 Å². The molecule has 2 aliphatic heterocycles. The predicted octanol–water partition coefficient (Wildman–Crippen LogP) is 2.79. The molecule has 0 saturated carbocycles. The summed E-state index contributed by atoms with van der Waals surface area (Å²) in [6.45, 7) is 1.41. The minimum absolute atomic E-state index is 0.111. The summed E-state index contributed by atoms with van der Waals surface area (Å²) < 4.78 is 10.6. The fourth-order valence-corrected chi connectivity index (χ4v) is 3.39. The molecule has 0 bridgehead atoms. The van der Waals surface area contributed by atoms with Crippen LogP contribution in [-0.4, -0.2) is 40.9 Å². The average Bonchev–Trinajstić information content (AvgIpc) is 3.16. The Morgan fingerprint density at radius 1 is 1.19 bits per heavy atom. The molecule has 2 aliphatic rings. The van der Waals surface area contributed by atoms with Gasteiger partial charge in [0.1, 0.15) is 0 Å². The average molecular weight is 355 g/mol. The molecule has 2 aromatic rings. The maximum atomic E-state index is 12.5. The van der Waals surface area contributed by atoms with E-state index in [9.17, 15) is 9.90 Å². The molecule has 1 atom stereocenters. The van der Waals surface area contributed by atoms with Crippen LogP contribution in [-0.2, 0) is 0 Å². The summed E-state index contributed by atoms with van der Waals surface area (Å²) in [5.74, 6) is 1.44. The molecule has 0 spiro atoms. The lowest BCUT2D eigenvalue weighted by Gasteiger charge is -2.34. The molecule has 4 rings (SSSR count). The molecule has 1 aromatic heterocycles. The third-order valence-electron chi connectivity index (χ3n) is 4.89. The summed E-state index contributed by atoms with van der Waals surface area (Å²) in [6.07, 6.45) is 2.58. The number of aliphatic hydroxyl groups is 1. The van der Waals surface area contributed by atoms with Crippen LogP contribution in [0.25, 0.3) is 0 Å². The summed E-state index contributed by atoms with van der Waals surface area (Å²) >= 11 is 0. The van der Waals surface area contributed by atoms with Gasteiger partial charge in [-0.15, -0.1) is 0 Å². The molecule has 2 amide bonds. The largest absolute Gasteiger partial charge is 0.454 e. The first kappa shape index (κ1) is 16.7. The van der Waals surface area contributed by atoms with Crippen molar-refractivity contribution in [3.05, 3.63) is 48.3 Å². The zero-order chi connectivity index (χ0) is 17.9. The maximum Gasteiger partial charge on any atom is 0.321 e. The Hall–Kier alpha value is -2.80. The van der Waals surface area contributed by atoms with Gasteiger partial charge in [0.05, 0.1) is 11.8 Å². The van der Waals surface area contributed by atoms with Gasteiger partial charge in [-0.3, -0.25) is 4.98 Å². The Kier molecular flexibility index (Phi) is 4.62. The molecule has 1 unspecified atom stereocenters. The first-order chi connectivity index (χ1) is 12.7. The summed E-state index contributed by atoms with van der Waals surface area (Å²) in [4.78, 5) is 18.5. The molecule has 2 N–H and O–H groups in total. The number of hydrogen-bond acceptors (Lipinski definition) is 5. The Morgan fingerprint density at radius 2 is 2.00 bits per heavy atom. The van der Waals surface area contributed by atoms with Gasteiger partial charge in [0, 0.05) is 31.0 Å². The topological polar surface area (TPSA) is 83.9 Å². The van der Waals surface area contributed by atoms with Gasteiger partial charge in [0.15, 0.2) is 11.5 Å². The quantitative estimate of drug-likeness (QED) is 0.884. The molecule has 7 nitrogen and oxygen atoms in total. The first-order valence-corrected chi connectivity index (χ1v) is 8.75. The van der Waals surface area contributed by atoms with Crippen molar-refractivity contribution in [2.75, 3.05) is 25.2 Å². The summed E-state index contributed by atoms with van der Waals surface area (Å²) in [5.41, 5.74) is 1.37. The molecule has 1 saturated heterocycles. The lowest BCUT2D eigenvalue weighted by atomic mass is 9.89. The SMILES string of the molecule is O=C(Nc1ccc2c(c1)OCO2)N1CCC(C(O)c2ccccn2)CC1. The molecular weight excluding hydrogens is 334 g/mol. The minimum Gasteiger partial charge on any atom is -0.454 e. The van der Waals surface area contributed by atoms with Crippen molar-refractivity contribution in [3.8, 4) is 11.5 Å². The monoisotopic (exact) mass is 355 g/mol. The second-order valence-corrected chi connectivity index (χ2v) is 6.52. The van der Waals surface area contributed by atoms with Crippen molar-refractivity contribution in [2.24, 2.45) is 5.92 Å². The number of benzene rings is 1. The van der Waals surface area contributed by atoms with Gasteiger partial charge >= 0.3 is 6.03 Å². The molecule has 0 radical (unpaired) electrons. The van der Waals surface area contributed by atoms with Crippen molar-refractivity contribution in [3.63, 3.8) is 0 Å². The van der Waals surface area contributed by atoms with E-state index in [0.29, 0.717) is 36.0 Å². The third-order valence-corrected chi connectivity index (χ3v) is 4.89. The highest BCUT2D eigenvalue weighted by atomic mass is 16.7. The van der Waals surface area contributed by atoms with Crippen molar-refractivity contribution in [1.29, 1.82) is 0 Å². The second kappa shape index (κ2) is 7.21. The molecular formula is C19H21N3O4. The summed E-state index contributed by atoms with van der Waals surface area (Å²) in [5, 5.41) is 13.4. The maximum absolute atomic E-state index is 12.5. The van der Waals surface area contributed by atoms with Crippen molar-refractivity contribution >= 4 is 11.7 Å². The summed E-state index contributed by atoms with van der Waals surface area (Å²) in [6, 6.07) is 10.7. The van der Waals surface area contributed by atoms with E-state index in [2.05, 4.69) is 10.3 Å². The number of rotatable bonds is 3. The first-order valence-electron chi connectivity index (χ1n) is 8.75. The number of hydrogen-bond donors (Lipinski definition) is 2. The van der Waals surface area contributed by atoms with Gasteiger partial charge in [0.2, 0.25) is 6.79 Å². The lowest BCUT2D eigenvalue weighted by molar-refractivity contribution is 0.0652. The van der Waals surface area contributed by atoms with Crippen LogP contribution in [0, 0.1) is 5.92 Å². The number of carbonyl (C=O) groups is 1. The fraction of sp³-hybridized carbons (Fsp3) is 0.368. The van der Waals surface area contributed by atoms with Crippen molar-refractivity contribution in [2.45, 2.75) is 18.9 Å². The van der Waals surface area contributed by atoms with Crippen LogP contribution in [0.15, 0.2) is 42.6 Å². The third kappa shape index (κ3) is 3.43. The van der Waals surface area contributed by atoms with Crippen LogP contribution in [0.5, 0.6) is 11.5 Å². The highest BCUT2D eigenvalue weighted by Crippen LogP contribution is 2.34. The number of amides is 2. The van der Waals surface area contributed by atoms with E-state index in [1.807, 2.05) is 18.2 Å². The number of aromatic nitrogens is 1. The van der Waals surface area contributed by atoms with Crippen molar-refractivity contribution in [1.82, 2.24) is 9.88 Å². The van der Waals surface area contributed by atoms with E-state index in [4.69, 9.17) is 9.47 Å². The molecule has 3 heterocycles. The molecule has 0 aliphatic carbocycles. The van der Waals surface area contributed by atoms with Crippen molar-refractivity contribution < 1.29 is 19.4 Å². The number of anilines is 1. The molecule has 7 heteroatoms.